The zero-order chi connectivity index (χ0) is 17.5. The summed E-state index contributed by atoms with van der Waals surface area (Å²) in [5, 5.41) is 10.3. The molecule has 0 saturated heterocycles. The maximum absolute atomic E-state index is 12.0. The van der Waals surface area contributed by atoms with Gasteiger partial charge in [0.15, 0.2) is 5.96 Å². The van der Waals surface area contributed by atoms with Gasteiger partial charge in [-0.1, -0.05) is 0 Å². The molecule has 6 nitrogen and oxygen atoms in total. The molecule has 0 atom stereocenters. The molecule has 1 aromatic heterocycles. The van der Waals surface area contributed by atoms with E-state index in [-0.39, 0.29) is 29.9 Å². The Balaban J connectivity index is 0.00000529. The third-order valence-electron chi connectivity index (χ3n) is 3.44. The summed E-state index contributed by atoms with van der Waals surface area (Å²) in [6, 6.07) is 0. The number of hydrogen-bond donors (Lipinski definition) is 3. The molecule has 1 amide bonds. The van der Waals surface area contributed by atoms with Crippen LogP contribution in [-0.4, -0.2) is 36.5 Å². The molecule has 0 aromatic carbocycles. The van der Waals surface area contributed by atoms with Crippen molar-refractivity contribution in [1.82, 2.24) is 20.9 Å². The van der Waals surface area contributed by atoms with Crippen molar-refractivity contribution >= 4 is 47.2 Å². The summed E-state index contributed by atoms with van der Waals surface area (Å²) in [5.74, 6) is 0.741. The van der Waals surface area contributed by atoms with E-state index in [1.165, 1.54) is 4.88 Å². The van der Waals surface area contributed by atoms with E-state index >= 15 is 0 Å². The molecule has 0 aliphatic heterocycles. The number of thiazole rings is 1. The second kappa shape index (κ2) is 10.9. The quantitative estimate of drug-likeness (QED) is 0.327. The van der Waals surface area contributed by atoms with E-state index in [1.807, 2.05) is 34.6 Å². The van der Waals surface area contributed by atoms with E-state index < -0.39 is 5.41 Å². The van der Waals surface area contributed by atoms with Crippen molar-refractivity contribution in [1.29, 1.82) is 0 Å². The van der Waals surface area contributed by atoms with Crippen molar-refractivity contribution in [3.63, 3.8) is 0 Å². The Kier molecular flexibility index (Phi) is 10.5. The van der Waals surface area contributed by atoms with E-state index in [1.54, 1.807) is 11.3 Å². The number of nitrogens with zero attached hydrogens (tertiary/aromatic N) is 2. The Bertz CT molecular complexity index is 537. The molecule has 24 heavy (non-hydrogen) atoms. The molecular weight excluding hydrogens is 437 g/mol. The summed E-state index contributed by atoms with van der Waals surface area (Å²) >= 11 is 1.67. The van der Waals surface area contributed by atoms with Gasteiger partial charge in [0.25, 0.3) is 0 Å². The fraction of sp³-hybridized carbons (Fsp3) is 0.688. The molecule has 138 valence electrons. The summed E-state index contributed by atoms with van der Waals surface area (Å²) in [6.07, 6.45) is 0. The lowest BCUT2D eigenvalue weighted by atomic mass is 9.92. The summed E-state index contributed by atoms with van der Waals surface area (Å²) in [4.78, 5) is 22.3. The molecule has 1 heterocycles. The monoisotopic (exact) mass is 467 g/mol. The number of hydrogen-bond acceptors (Lipinski definition) is 4. The zero-order valence-electron chi connectivity index (χ0n) is 15.4. The van der Waals surface area contributed by atoms with E-state index in [0.717, 1.165) is 17.2 Å². The molecule has 0 aliphatic rings. The maximum Gasteiger partial charge on any atom is 0.227 e. The van der Waals surface area contributed by atoms with Crippen LogP contribution in [-0.2, 0) is 11.3 Å². The van der Waals surface area contributed by atoms with Crippen LogP contribution < -0.4 is 16.0 Å². The molecule has 0 spiro atoms. The minimum atomic E-state index is -0.499. The normalized spacial score (nSPS) is 11.7. The van der Waals surface area contributed by atoms with Crippen LogP contribution in [0.4, 0.5) is 0 Å². The topological polar surface area (TPSA) is 78.4 Å². The molecular formula is C16H30IN5OS. The second-order valence-corrected chi connectivity index (χ2v) is 7.33. The van der Waals surface area contributed by atoms with Crippen LogP contribution in [0.3, 0.4) is 0 Å². The van der Waals surface area contributed by atoms with Gasteiger partial charge in [0.2, 0.25) is 5.91 Å². The first-order valence-corrected chi connectivity index (χ1v) is 8.85. The average Bonchev–Trinajstić information content (AvgIpc) is 2.81. The highest BCUT2D eigenvalue weighted by molar-refractivity contribution is 14.0. The van der Waals surface area contributed by atoms with Crippen molar-refractivity contribution in [2.75, 3.05) is 19.6 Å². The standard InChI is InChI=1S/C16H29N5OS.HI/c1-7-17-14(22)16(5,6)10-20-15(18-8-2)19-9-13-21-11(3)12(4)23-13;/h7-10H2,1-6H3,(H,17,22)(H2,18,19,20);1H. The van der Waals surface area contributed by atoms with Gasteiger partial charge in [-0.3, -0.25) is 4.79 Å². The fourth-order valence-electron chi connectivity index (χ4n) is 1.88. The van der Waals surface area contributed by atoms with Gasteiger partial charge in [-0.2, -0.15) is 0 Å². The minimum Gasteiger partial charge on any atom is -0.357 e. The Morgan fingerprint density at radius 3 is 2.29 bits per heavy atom. The van der Waals surface area contributed by atoms with Crippen molar-refractivity contribution < 1.29 is 4.79 Å². The number of nitrogens with one attached hydrogen (secondary N) is 3. The van der Waals surface area contributed by atoms with E-state index in [2.05, 4.69) is 32.9 Å². The van der Waals surface area contributed by atoms with E-state index in [4.69, 9.17) is 0 Å². The molecule has 1 aromatic rings. The molecule has 0 bridgehead atoms. The van der Waals surface area contributed by atoms with Crippen molar-refractivity contribution in [2.24, 2.45) is 10.4 Å². The fourth-order valence-corrected chi connectivity index (χ4v) is 2.74. The molecule has 0 saturated carbocycles. The molecule has 8 heteroatoms. The van der Waals surface area contributed by atoms with Gasteiger partial charge in [0, 0.05) is 24.5 Å². The van der Waals surface area contributed by atoms with Crippen molar-refractivity contribution in [2.45, 2.75) is 48.1 Å². The van der Waals surface area contributed by atoms with Gasteiger partial charge < -0.3 is 16.0 Å². The average molecular weight is 467 g/mol. The third-order valence-corrected chi connectivity index (χ3v) is 4.50. The number of aromatic nitrogens is 1. The van der Waals surface area contributed by atoms with Crippen molar-refractivity contribution in [3.05, 3.63) is 15.6 Å². The molecule has 0 aliphatic carbocycles. The Labute approximate surface area is 166 Å². The summed E-state index contributed by atoms with van der Waals surface area (Å²) < 4.78 is 0. The van der Waals surface area contributed by atoms with Gasteiger partial charge in [0.1, 0.15) is 5.01 Å². The molecule has 0 unspecified atom stereocenters. The molecule has 3 N–H and O–H groups in total. The first kappa shape index (κ1) is 23.1. The van der Waals surface area contributed by atoms with Crippen LogP contribution in [0.15, 0.2) is 4.99 Å². The highest BCUT2D eigenvalue weighted by Crippen LogP contribution is 2.17. The van der Waals surface area contributed by atoms with Crippen LogP contribution in [0, 0.1) is 19.3 Å². The summed E-state index contributed by atoms with van der Waals surface area (Å²) in [7, 11) is 0. The molecule has 1 rings (SSSR count). The Hall–Kier alpha value is -0.900. The van der Waals surface area contributed by atoms with E-state index in [9.17, 15) is 4.79 Å². The maximum atomic E-state index is 12.0. The van der Waals surface area contributed by atoms with Crippen LogP contribution in [0.5, 0.6) is 0 Å². The second-order valence-electron chi connectivity index (χ2n) is 6.04. The van der Waals surface area contributed by atoms with Crippen LogP contribution in [0.25, 0.3) is 0 Å². The first-order valence-electron chi connectivity index (χ1n) is 8.03. The molecule has 0 fully saturated rings. The number of carbonyl (C=O) groups excluding carboxylic acids is 1. The van der Waals surface area contributed by atoms with Gasteiger partial charge in [0.05, 0.1) is 17.7 Å². The predicted molar refractivity (Wildman–Crippen MR) is 112 cm³/mol. The number of aryl methyl sites for hydroxylation is 2. The first-order chi connectivity index (χ1) is 10.8. The van der Waals surface area contributed by atoms with Crippen LogP contribution in [0.1, 0.15) is 43.3 Å². The van der Waals surface area contributed by atoms with Gasteiger partial charge in [-0.15, -0.1) is 35.3 Å². The largest absolute Gasteiger partial charge is 0.357 e. The third kappa shape index (κ3) is 7.33. The predicted octanol–water partition coefficient (Wildman–Crippen LogP) is 2.60. The van der Waals surface area contributed by atoms with Gasteiger partial charge in [-0.05, 0) is 41.5 Å². The summed E-state index contributed by atoms with van der Waals surface area (Å²) in [5.41, 5.74) is 0.566. The number of amides is 1. The SMILES string of the molecule is CCNC(=O)C(C)(C)CNC(=NCc1nc(C)c(C)s1)NCC.I. The Morgan fingerprint density at radius 1 is 1.17 bits per heavy atom. The molecule has 0 radical (unpaired) electrons. The number of aliphatic imine (C=N–C) groups is 1. The lowest BCUT2D eigenvalue weighted by Gasteiger charge is -2.24. The zero-order valence-corrected chi connectivity index (χ0v) is 18.6. The number of rotatable bonds is 7. The van der Waals surface area contributed by atoms with Gasteiger partial charge in [-0.25, -0.2) is 9.98 Å². The Morgan fingerprint density at radius 2 is 1.79 bits per heavy atom. The lowest BCUT2D eigenvalue weighted by Crippen LogP contribution is -2.47. The highest BCUT2D eigenvalue weighted by atomic mass is 127. The number of carbonyl (C=O) groups is 1. The number of guanidine groups is 1. The summed E-state index contributed by atoms with van der Waals surface area (Å²) in [6.45, 7) is 14.3. The van der Waals surface area contributed by atoms with Crippen molar-refractivity contribution in [3.8, 4) is 0 Å². The van der Waals surface area contributed by atoms with Gasteiger partial charge >= 0.3 is 0 Å². The lowest BCUT2D eigenvalue weighted by molar-refractivity contribution is -0.128. The highest BCUT2D eigenvalue weighted by Gasteiger charge is 2.27. The minimum absolute atomic E-state index is 0. The smallest absolute Gasteiger partial charge is 0.227 e. The van der Waals surface area contributed by atoms with Crippen LogP contribution >= 0.6 is 35.3 Å². The van der Waals surface area contributed by atoms with E-state index in [0.29, 0.717) is 25.6 Å². The van der Waals surface area contributed by atoms with Crippen LogP contribution in [0.2, 0.25) is 0 Å². The number of halogens is 1.